The Hall–Kier alpha value is -1.43. The third-order valence-electron chi connectivity index (χ3n) is 2.33. The zero-order valence-electron chi connectivity index (χ0n) is 9.64. The lowest BCUT2D eigenvalue weighted by Crippen LogP contribution is -2.35. The molecule has 1 amide bonds. The van der Waals surface area contributed by atoms with Gasteiger partial charge >= 0.3 is 5.97 Å². The van der Waals surface area contributed by atoms with Gasteiger partial charge in [0.05, 0.1) is 0 Å². The largest absolute Gasteiger partial charge is 0.477 e. The number of aliphatic carboxylic acids is 1. The zero-order valence-corrected chi connectivity index (χ0v) is 9.64. The Morgan fingerprint density at radius 1 is 1.50 bits per heavy atom. The van der Waals surface area contributed by atoms with Crippen LogP contribution in [0.2, 0.25) is 0 Å². The molecule has 0 unspecified atom stereocenters. The van der Waals surface area contributed by atoms with Crippen molar-refractivity contribution >= 4 is 17.6 Å². The van der Waals surface area contributed by atoms with Crippen LogP contribution in [0.3, 0.4) is 0 Å². The SMILES string of the molecule is CN(C)CCCN1N=C(C(=O)O)CCC1=O. The van der Waals surface area contributed by atoms with Crippen LogP contribution < -0.4 is 0 Å². The van der Waals surface area contributed by atoms with Gasteiger partial charge in [-0.1, -0.05) is 0 Å². The second kappa shape index (κ2) is 5.60. The van der Waals surface area contributed by atoms with E-state index in [2.05, 4.69) is 5.10 Å². The highest BCUT2D eigenvalue weighted by molar-refractivity contribution is 6.36. The first-order valence-electron chi connectivity index (χ1n) is 5.26. The number of carbonyl (C=O) groups excluding carboxylic acids is 1. The fourth-order valence-electron chi connectivity index (χ4n) is 1.47. The van der Waals surface area contributed by atoms with Crippen molar-refractivity contribution in [3.05, 3.63) is 0 Å². The number of hydrogen-bond acceptors (Lipinski definition) is 4. The van der Waals surface area contributed by atoms with E-state index in [-0.39, 0.29) is 24.5 Å². The molecule has 16 heavy (non-hydrogen) atoms. The molecule has 0 atom stereocenters. The summed E-state index contributed by atoms with van der Waals surface area (Å²) in [5.41, 5.74) is 0.0736. The molecule has 1 rings (SSSR count). The number of nitrogens with zero attached hydrogens (tertiary/aromatic N) is 3. The van der Waals surface area contributed by atoms with Crippen LogP contribution in [0.5, 0.6) is 0 Å². The van der Waals surface area contributed by atoms with E-state index < -0.39 is 5.97 Å². The van der Waals surface area contributed by atoms with Gasteiger partial charge in [0.2, 0.25) is 5.91 Å². The predicted octanol–water partition coefficient (Wildman–Crippen LogP) is 0.00110. The van der Waals surface area contributed by atoms with E-state index in [1.807, 2.05) is 19.0 Å². The molecule has 1 aliphatic heterocycles. The summed E-state index contributed by atoms with van der Waals surface area (Å²) in [6.07, 6.45) is 1.26. The standard InChI is InChI=1S/C10H17N3O3/c1-12(2)6-3-7-13-9(14)5-4-8(11-13)10(15)16/h3-7H2,1-2H3,(H,15,16). The fourth-order valence-corrected chi connectivity index (χ4v) is 1.47. The number of carbonyl (C=O) groups is 2. The average Bonchev–Trinajstić information content (AvgIpc) is 2.20. The Morgan fingerprint density at radius 2 is 2.19 bits per heavy atom. The second-order valence-electron chi connectivity index (χ2n) is 4.03. The minimum Gasteiger partial charge on any atom is -0.477 e. The molecule has 6 heteroatoms. The highest BCUT2D eigenvalue weighted by Gasteiger charge is 2.23. The molecule has 1 heterocycles. The van der Waals surface area contributed by atoms with Crippen molar-refractivity contribution in [2.24, 2.45) is 5.10 Å². The fraction of sp³-hybridized carbons (Fsp3) is 0.700. The molecule has 0 aromatic carbocycles. The van der Waals surface area contributed by atoms with Gasteiger partial charge < -0.3 is 10.0 Å². The molecular weight excluding hydrogens is 210 g/mol. The van der Waals surface area contributed by atoms with E-state index in [1.165, 1.54) is 5.01 Å². The summed E-state index contributed by atoms with van der Waals surface area (Å²) in [5, 5.41) is 13.9. The van der Waals surface area contributed by atoms with Gasteiger partial charge in [0.25, 0.3) is 0 Å². The van der Waals surface area contributed by atoms with Gasteiger partial charge in [-0.2, -0.15) is 5.10 Å². The molecule has 90 valence electrons. The predicted molar refractivity (Wildman–Crippen MR) is 59.2 cm³/mol. The number of carboxylic acid groups (broad SMARTS) is 1. The van der Waals surface area contributed by atoms with Crippen LogP contribution >= 0.6 is 0 Å². The topological polar surface area (TPSA) is 73.2 Å². The van der Waals surface area contributed by atoms with E-state index in [4.69, 9.17) is 5.11 Å². The normalized spacial score (nSPS) is 16.6. The van der Waals surface area contributed by atoms with Crippen molar-refractivity contribution in [3.63, 3.8) is 0 Å². The van der Waals surface area contributed by atoms with Gasteiger partial charge in [-0.25, -0.2) is 9.80 Å². The van der Waals surface area contributed by atoms with Crippen molar-refractivity contribution in [2.45, 2.75) is 19.3 Å². The third kappa shape index (κ3) is 3.62. The van der Waals surface area contributed by atoms with Crippen LogP contribution in [0.4, 0.5) is 0 Å². The molecule has 0 saturated heterocycles. The molecule has 1 N–H and O–H groups in total. The zero-order chi connectivity index (χ0) is 12.1. The van der Waals surface area contributed by atoms with Crippen molar-refractivity contribution in [3.8, 4) is 0 Å². The quantitative estimate of drug-likeness (QED) is 0.717. The summed E-state index contributed by atoms with van der Waals surface area (Å²) in [6.45, 7) is 1.33. The monoisotopic (exact) mass is 227 g/mol. The molecule has 0 radical (unpaired) electrons. The molecule has 0 bridgehead atoms. The summed E-state index contributed by atoms with van der Waals surface area (Å²) in [4.78, 5) is 24.2. The number of rotatable bonds is 5. The summed E-state index contributed by atoms with van der Waals surface area (Å²) < 4.78 is 0. The first-order chi connectivity index (χ1) is 7.50. The molecule has 0 fully saturated rings. The van der Waals surface area contributed by atoms with E-state index in [0.29, 0.717) is 6.54 Å². The Labute approximate surface area is 94.5 Å². The van der Waals surface area contributed by atoms with E-state index in [9.17, 15) is 9.59 Å². The molecule has 0 aliphatic carbocycles. The molecule has 1 aliphatic rings. The number of carboxylic acids is 1. The summed E-state index contributed by atoms with van der Waals surface area (Å²) in [6, 6.07) is 0. The van der Waals surface area contributed by atoms with Gasteiger partial charge in [-0.05, 0) is 27.1 Å². The Bertz CT molecular complexity index is 312. The van der Waals surface area contributed by atoms with E-state index in [0.717, 1.165) is 13.0 Å². The van der Waals surface area contributed by atoms with E-state index in [1.54, 1.807) is 0 Å². The Balaban J connectivity index is 2.52. The van der Waals surface area contributed by atoms with Crippen molar-refractivity contribution < 1.29 is 14.7 Å². The lowest BCUT2D eigenvalue weighted by molar-refractivity contribution is -0.132. The Kier molecular flexibility index (Phi) is 4.42. The lowest BCUT2D eigenvalue weighted by Gasteiger charge is -2.22. The van der Waals surface area contributed by atoms with Crippen molar-refractivity contribution in [1.29, 1.82) is 0 Å². The van der Waals surface area contributed by atoms with E-state index >= 15 is 0 Å². The molecule has 0 aromatic heterocycles. The first-order valence-corrected chi connectivity index (χ1v) is 5.26. The molecule has 6 nitrogen and oxygen atoms in total. The minimum atomic E-state index is -1.04. The molecule has 0 aromatic rings. The van der Waals surface area contributed by atoms with Gasteiger partial charge in [0.15, 0.2) is 0 Å². The summed E-state index contributed by atoms with van der Waals surface area (Å²) in [7, 11) is 3.90. The molecule has 0 spiro atoms. The van der Waals surface area contributed by atoms with Crippen LogP contribution in [0.1, 0.15) is 19.3 Å². The lowest BCUT2D eigenvalue weighted by atomic mass is 10.1. The van der Waals surface area contributed by atoms with Gasteiger partial charge in [0, 0.05) is 19.4 Å². The van der Waals surface area contributed by atoms with Gasteiger partial charge in [-0.15, -0.1) is 0 Å². The van der Waals surface area contributed by atoms with Crippen molar-refractivity contribution in [2.75, 3.05) is 27.2 Å². The molecular formula is C10H17N3O3. The highest BCUT2D eigenvalue weighted by atomic mass is 16.4. The maximum atomic E-state index is 11.5. The minimum absolute atomic E-state index is 0.0736. The molecule has 0 saturated carbocycles. The maximum absolute atomic E-state index is 11.5. The maximum Gasteiger partial charge on any atom is 0.352 e. The second-order valence-corrected chi connectivity index (χ2v) is 4.03. The third-order valence-corrected chi connectivity index (χ3v) is 2.33. The van der Waals surface area contributed by atoms with Crippen LogP contribution in [-0.4, -0.2) is 59.8 Å². The number of hydrazone groups is 1. The Morgan fingerprint density at radius 3 is 2.75 bits per heavy atom. The number of hydrogen-bond donors (Lipinski definition) is 1. The number of amides is 1. The highest BCUT2D eigenvalue weighted by Crippen LogP contribution is 2.09. The van der Waals surface area contributed by atoms with Crippen LogP contribution in [0, 0.1) is 0 Å². The summed E-state index contributed by atoms with van der Waals surface area (Å²) in [5.74, 6) is -1.13. The van der Waals surface area contributed by atoms with Crippen LogP contribution in [-0.2, 0) is 9.59 Å². The smallest absolute Gasteiger partial charge is 0.352 e. The average molecular weight is 227 g/mol. The summed E-state index contributed by atoms with van der Waals surface area (Å²) >= 11 is 0. The van der Waals surface area contributed by atoms with Gasteiger partial charge in [-0.3, -0.25) is 4.79 Å². The van der Waals surface area contributed by atoms with Gasteiger partial charge in [0.1, 0.15) is 5.71 Å². The first kappa shape index (κ1) is 12.6. The van der Waals surface area contributed by atoms with Crippen molar-refractivity contribution in [1.82, 2.24) is 9.91 Å². The van der Waals surface area contributed by atoms with Crippen LogP contribution in [0.25, 0.3) is 0 Å². The van der Waals surface area contributed by atoms with Crippen LogP contribution in [0.15, 0.2) is 5.10 Å².